The maximum absolute atomic E-state index is 10.8. The minimum absolute atomic E-state index is 0.0686. The number of furan rings is 1. The van der Waals surface area contributed by atoms with Gasteiger partial charge in [-0.3, -0.25) is 10.1 Å². The number of halogens is 1. The summed E-state index contributed by atoms with van der Waals surface area (Å²) in [6, 6.07) is 6.36. The van der Waals surface area contributed by atoms with E-state index in [0.29, 0.717) is 23.7 Å². The Labute approximate surface area is 109 Å². The standard InChI is InChI=1S/C12H11ClN2O3/c13-11-1-2-12(15(16)17)10(5-11)7-14-6-9-3-4-18-8-9/h1-5,8,14H,6-7H2. The molecule has 6 heteroatoms. The molecule has 0 atom stereocenters. The van der Waals surface area contributed by atoms with Crippen LogP contribution in [0.4, 0.5) is 5.69 Å². The fourth-order valence-corrected chi connectivity index (χ4v) is 1.80. The molecule has 0 radical (unpaired) electrons. The molecule has 0 amide bonds. The van der Waals surface area contributed by atoms with Crippen molar-refractivity contribution in [2.45, 2.75) is 13.1 Å². The van der Waals surface area contributed by atoms with Crippen molar-refractivity contribution in [3.63, 3.8) is 0 Å². The van der Waals surface area contributed by atoms with E-state index < -0.39 is 4.92 Å². The fourth-order valence-electron chi connectivity index (χ4n) is 1.61. The van der Waals surface area contributed by atoms with Crippen LogP contribution in [0.3, 0.4) is 0 Å². The molecule has 94 valence electrons. The average molecular weight is 267 g/mol. The first-order valence-electron chi connectivity index (χ1n) is 5.31. The highest BCUT2D eigenvalue weighted by Gasteiger charge is 2.13. The van der Waals surface area contributed by atoms with Crippen LogP contribution in [0.25, 0.3) is 0 Å². The van der Waals surface area contributed by atoms with Crippen LogP contribution >= 0.6 is 11.6 Å². The number of benzene rings is 1. The third-order valence-electron chi connectivity index (χ3n) is 2.46. The van der Waals surface area contributed by atoms with E-state index >= 15 is 0 Å². The number of nitrogens with zero attached hydrogens (tertiary/aromatic N) is 1. The predicted molar refractivity (Wildman–Crippen MR) is 67.4 cm³/mol. The van der Waals surface area contributed by atoms with E-state index in [-0.39, 0.29) is 5.69 Å². The lowest BCUT2D eigenvalue weighted by Crippen LogP contribution is -2.13. The van der Waals surface area contributed by atoms with E-state index in [0.717, 1.165) is 5.56 Å². The van der Waals surface area contributed by atoms with Crippen LogP contribution in [0, 0.1) is 10.1 Å². The number of nitrogens with one attached hydrogen (secondary N) is 1. The third kappa shape index (κ3) is 3.09. The highest BCUT2D eigenvalue weighted by Crippen LogP contribution is 2.22. The zero-order chi connectivity index (χ0) is 13.0. The highest BCUT2D eigenvalue weighted by molar-refractivity contribution is 6.30. The first kappa shape index (κ1) is 12.6. The molecule has 1 aromatic carbocycles. The molecule has 0 aliphatic heterocycles. The van der Waals surface area contributed by atoms with Gasteiger partial charge in [-0.15, -0.1) is 0 Å². The molecule has 0 saturated carbocycles. The van der Waals surface area contributed by atoms with Crippen molar-refractivity contribution in [1.29, 1.82) is 0 Å². The molecule has 2 aromatic rings. The molecule has 1 heterocycles. The maximum atomic E-state index is 10.8. The summed E-state index contributed by atoms with van der Waals surface area (Å²) >= 11 is 5.83. The smallest absolute Gasteiger partial charge is 0.273 e. The predicted octanol–water partition coefficient (Wildman–Crippen LogP) is 3.13. The van der Waals surface area contributed by atoms with Gasteiger partial charge in [-0.25, -0.2) is 0 Å². The minimum atomic E-state index is -0.412. The van der Waals surface area contributed by atoms with Gasteiger partial charge in [-0.05, 0) is 18.2 Å². The van der Waals surface area contributed by atoms with Gasteiger partial charge in [0.2, 0.25) is 0 Å². The molecule has 0 spiro atoms. The van der Waals surface area contributed by atoms with E-state index in [9.17, 15) is 10.1 Å². The van der Waals surface area contributed by atoms with Crippen LogP contribution in [-0.4, -0.2) is 4.92 Å². The second-order valence-corrected chi connectivity index (χ2v) is 4.20. The monoisotopic (exact) mass is 266 g/mol. The van der Waals surface area contributed by atoms with Crippen molar-refractivity contribution >= 4 is 17.3 Å². The molecule has 0 aliphatic carbocycles. The SMILES string of the molecule is O=[N+]([O-])c1ccc(Cl)cc1CNCc1ccoc1. The lowest BCUT2D eigenvalue weighted by molar-refractivity contribution is -0.385. The summed E-state index contributed by atoms with van der Waals surface area (Å²) in [6.07, 6.45) is 3.21. The quantitative estimate of drug-likeness (QED) is 0.667. The summed E-state index contributed by atoms with van der Waals surface area (Å²) in [5, 5.41) is 14.4. The molecule has 5 nitrogen and oxygen atoms in total. The molecule has 1 aromatic heterocycles. The van der Waals surface area contributed by atoms with Crippen molar-refractivity contribution < 1.29 is 9.34 Å². The number of nitro benzene ring substituents is 1. The third-order valence-corrected chi connectivity index (χ3v) is 2.70. The van der Waals surface area contributed by atoms with Crippen molar-refractivity contribution in [2.24, 2.45) is 0 Å². The highest BCUT2D eigenvalue weighted by atomic mass is 35.5. The first-order valence-corrected chi connectivity index (χ1v) is 5.69. The Morgan fingerprint density at radius 3 is 2.83 bits per heavy atom. The second-order valence-electron chi connectivity index (χ2n) is 3.77. The Kier molecular flexibility index (Phi) is 3.96. The van der Waals surface area contributed by atoms with Gasteiger partial charge in [-0.2, -0.15) is 0 Å². The second kappa shape index (κ2) is 5.66. The molecule has 0 unspecified atom stereocenters. The summed E-state index contributed by atoms with van der Waals surface area (Å²) in [4.78, 5) is 10.4. The largest absolute Gasteiger partial charge is 0.472 e. The Bertz CT molecular complexity index is 540. The molecule has 0 saturated heterocycles. The molecule has 0 bridgehead atoms. The number of hydrogen-bond donors (Lipinski definition) is 1. The Balaban J connectivity index is 2.03. The van der Waals surface area contributed by atoms with Gasteiger partial charge in [0.05, 0.1) is 17.4 Å². The van der Waals surface area contributed by atoms with Crippen molar-refractivity contribution in [3.8, 4) is 0 Å². The summed E-state index contributed by atoms with van der Waals surface area (Å²) < 4.78 is 4.93. The number of hydrogen-bond acceptors (Lipinski definition) is 4. The van der Waals surface area contributed by atoms with Gasteiger partial charge in [0.15, 0.2) is 0 Å². The van der Waals surface area contributed by atoms with Gasteiger partial charge in [0, 0.05) is 35.3 Å². The molecule has 18 heavy (non-hydrogen) atoms. The van der Waals surface area contributed by atoms with Crippen molar-refractivity contribution in [1.82, 2.24) is 5.32 Å². The Hall–Kier alpha value is -1.85. The van der Waals surface area contributed by atoms with Crippen LogP contribution in [0.15, 0.2) is 41.2 Å². The van der Waals surface area contributed by atoms with E-state index in [1.165, 1.54) is 12.1 Å². The maximum Gasteiger partial charge on any atom is 0.273 e. The van der Waals surface area contributed by atoms with Crippen molar-refractivity contribution in [2.75, 3.05) is 0 Å². The molecular weight excluding hydrogens is 256 g/mol. The van der Waals surface area contributed by atoms with Gasteiger partial charge in [-0.1, -0.05) is 11.6 Å². The molecule has 2 rings (SSSR count). The summed E-state index contributed by atoms with van der Waals surface area (Å²) in [6.45, 7) is 0.961. The molecule has 0 aliphatic rings. The van der Waals surface area contributed by atoms with E-state index in [1.807, 2.05) is 6.07 Å². The molecule has 1 N–H and O–H groups in total. The summed E-state index contributed by atoms with van der Waals surface area (Å²) in [5.74, 6) is 0. The van der Waals surface area contributed by atoms with Gasteiger partial charge in [0.25, 0.3) is 5.69 Å². The zero-order valence-electron chi connectivity index (χ0n) is 9.43. The minimum Gasteiger partial charge on any atom is -0.472 e. The van der Waals surface area contributed by atoms with Crippen LogP contribution in [0.5, 0.6) is 0 Å². The number of nitro groups is 1. The van der Waals surface area contributed by atoms with Gasteiger partial charge < -0.3 is 9.73 Å². The van der Waals surface area contributed by atoms with E-state index in [2.05, 4.69) is 5.32 Å². The lowest BCUT2D eigenvalue weighted by atomic mass is 10.2. The van der Waals surface area contributed by atoms with Crippen LogP contribution in [0.2, 0.25) is 5.02 Å². The Morgan fingerprint density at radius 1 is 1.33 bits per heavy atom. The fraction of sp³-hybridized carbons (Fsp3) is 0.167. The van der Waals surface area contributed by atoms with Crippen LogP contribution in [0.1, 0.15) is 11.1 Å². The van der Waals surface area contributed by atoms with Crippen LogP contribution < -0.4 is 5.32 Å². The topological polar surface area (TPSA) is 68.3 Å². The number of rotatable bonds is 5. The normalized spacial score (nSPS) is 10.5. The van der Waals surface area contributed by atoms with Crippen molar-refractivity contribution in [3.05, 3.63) is 63.1 Å². The van der Waals surface area contributed by atoms with E-state index in [1.54, 1.807) is 18.6 Å². The molecule has 0 fully saturated rings. The van der Waals surface area contributed by atoms with E-state index in [4.69, 9.17) is 16.0 Å². The molecular formula is C12H11ClN2O3. The van der Waals surface area contributed by atoms with Gasteiger partial charge in [0.1, 0.15) is 0 Å². The van der Waals surface area contributed by atoms with Crippen LogP contribution in [-0.2, 0) is 13.1 Å². The summed E-state index contributed by atoms with van der Waals surface area (Å²) in [5.41, 5.74) is 1.62. The lowest BCUT2D eigenvalue weighted by Gasteiger charge is -2.05. The Morgan fingerprint density at radius 2 is 2.17 bits per heavy atom. The summed E-state index contributed by atoms with van der Waals surface area (Å²) in [7, 11) is 0. The first-order chi connectivity index (χ1) is 8.66. The zero-order valence-corrected chi connectivity index (χ0v) is 10.2. The average Bonchev–Trinajstić information content (AvgIpc) is 2.82. The van der Waals surface area contributed by atoms with Gasteiger partial charge >= 0.3 is 0 Å².